The van der Waals surface area contributed by atoms with Crippen molar-refractivity contribution >= 4 is 28.6 Å². The Labute approximate surface area is 147 Å². The fraction of sp³-hybridized carbons (Fsp3) is 0.0870. The lowest BCUT2D eigenvalue weighted by molar-refractivity contribution is -0.130. The molecule has 0 saturated heterocycles. The minimum Gasteiger partial charge on any atom is -0.422 e. The van der Waals surface area contributed by atoms with Crippen LogP contribution in [0, 0.1) is 0 Å². The number of cyclic esters (lactones) is 1. The van der Waals surface area contributed by atoms with E-state index in [0.717, 1.165) is 28.3 Å². The van der Waals surface area contributed by atoms with Crippen LogP contribution in [0.4, 0.5) is 0 Å². The van der Waals surface area contributed by atoms with Crippen molar-refractivity contribution in [2.75, 3.05) is 0 Å². The van der Waals surface area contributed by atoms with Gasteiger partial charge in [0.1, 0.15) is 5.76 Å². The minimum absolute atomic E-state index is 0.303. The molecule has 1 aliphatic heterocycles. The fourth-order valence-electron chi connectivity index (χ4n) is 3.08. The van der Waals surface area contributed by atoms with Crippen molar-refractivity contribution in [2.24, 2.45) is 0 Å². The Hall–Kier alpha value is -3.13. The molecule has 0 bridgehead atoms. The van der Waals surface area contributed by atoms with Gasteiger partial charge in [0.15, 0.2) is 0 Å². The van der Waals surface area contributed by atoms with E-state index in [0.29, 0.717) is 11.3 Å². The summed E-state index contributed by atoms with van der Waals surface area (Å²) in [5.74, 6) is 0.307. The molecule has 0 amide bonds. The third kappa shape index (κ3) is 2.99. The highest BCUT2D eigenvalue weighted by molar-refractivity contribution is 6.06. The SMILES string of the molecule is CCc1ccc(C2=CC(=Cc3cccc4ccccc34)C(=O)O2)cc1. The van der Waals surface area contributed by atoms with Gasteiger partial charge >= 0.3 is 5.97 Å². The van der Waals surface area contributed by atoms with Gasteiger partial charge in [-0.25, -0.2) is 4.79 Å². The number of hydrogen-bond acceptors (Lipinski definition) is 2. The van der Waals surface area contributed by atoms with Gasteiger partial charge in [0.05, 0.1) is 5.57 Å². The van der Waals surface area contributed by atoms with Gasteiger partial charge in [-0.1, -0.05) is 73.7 Å². The Morgan fingerprint density at radius 1 is 0.920 bits per heavy atom. The van der Waals surface area contributed by atoms with Gasteiger partial charge in [0.25, 0.3) is 0 Å². The number of esters is 1. The summed E-state index contributed by atoms with van der Waals surface area (Å²) in [5.41, 5.74) is 3.78. The van der Waals surface area contributed by atoms with Gasteiger partial charge in [-0.05, 0) is 40.5 Å². The van der Waals surface area contributed by atoms with E-state index in [2.05, 4.69) is 37.3 Å². The van der Waals surface area contributed by atoms with Crippen molar-refractivity contribution < 1.29 is 9.53 Å². The van der Waals surface area contributed by atoms with Crippen LogP contribution in [0.5, 0.6) is 0 Å². The third-order valence-corrected chi connectivity index (χ3v) is 4.51. The second-order valence-electron chi connectivity index (χ2n) is 6.12. The molecule has 4 rings (SSSR count). The molecule has 2 heteroatoms. The first-order chi connectivity index (χ1) is 12.2. The Kier molecular flexibility index (Phi) is 3.95. The van der Waals surface area contributed by atoms with Crippen molar-refractivity contribution in [1.29, 1.82) is 0 Å². The number of carbonyl (C=O) groups is 1. The topological polar surface area (TPSA) is 26.3 Å². The predicted octanol–water partition coefficient (Wildman–Crippen LogP) is 5.38. The van der Waals surface area contributed by atoms with Gasteiger partial charge in [-0.3, -0.25) is 0 Å². The normalized spacial score (nSPS) is 15.5. The Balaban J connectivity index is 1.73. The van der Waals surface area contributed by atoms with E-state index in [1.54, 1.807) is 0 Å². The summed E-state index contributed by atoms with van der Waals surface area (Å²) < 4.78 is 5.47. The number of carbonyl (C=O) groups excluding carboxylic acids is 1. The molecule has 0 N–H and O–H groups in total. The first-order valence-electron chi connectivity index (χ1n) is 8.47. The van der Waals surface area contributed by atoms with Gasteiger partial charge in [-0.2, -0.15) is 0 Å². The molecule has 1 aliphatic rings. The van der Waals surface area contributed by atoms with E-state index in [-0.39, 0.29) is 5.97 Å². The fourth-order valence-corrected chi connectivity index (χ4v) is 3.08. The highest BCUT2D eigenvalue weighted by Crippen LogP contribution is 2.29. The van der Waals surface area contributed by atoms with Crippen LogP contribution in [0.3, 0.4) is 0 Å². The molecule has 3 aromatic rings. The van der Waals surface area contributed by atoms with E-state index in [1.807, 2.05) is 48.6 Å². The maximum Gasteiger partial charge on any atom is 0.343 e. The molecule has 0 aliphatic carbocycles. The molecular weight excluding hydrogens is 308 g/mol. The number of aryl methyl sites for hydroxylation is 1. The lowest BCUT2D eigenvalue weighted by Gasteiger charge is -2.03. The number of rotatable bonds is 3. The van der Waals surface area contributed by atoms with Crippen molar-refractivity contribution in [3.05, 3.63) is 95.1 Å². The number of fused-ring (bicyclic) bond motifs is 1. The van der Waals surface area contributed by atoms with E-state index < -0.39 is 0 Å². The number of benzene rings is 3. The minimum atomic E-state index is -0.303. The van der Waals surface area contributed by atoms with Crippen molar-refractivity contribution in [3.8, 4) is 0 Å². The van der Waals surface area contributed by atoms with E-state index in [1.165, 1.54) is 5.56 Å². The van der Waals surface area contributed by atoms with Crippen LogP contribution in [-0.2, 0) is 16.0 Å². The van der Waals surface area contributed by atoms with Crippen LogP contribution in [-0.4, -0.2) is 5.97 Å². The third-order valence-electron chi connectivity index (χ3n) is 4.51. The highest BCUT2D eigenvalue weighted by Gasteiger charge is 2.22. The smallest absolute Gasteiger partial charge is 0.343 e. The van der Waals surface area contributed by atoms with Crippen LogP contribution in [0.2, 0.25) is 0 Å². The standard InChI is InChI=1S/C23H18O2/c1-2-16-10-12-18(13-11-16)22-15-20(23(24)25-22)14-19-8-5-7-17-6-3-4-9-21(17)19/h3-15H,2H2,1H3. The zero-order chi connectivity index (χ0) is 17.2. The maximum atomic E-state index is 12.3. The molecule has 0 atom stereocenters. The second kappa shape index (κ2) is 6.40. The average molecular weight is 326 g/mol. The summed E-state index contributed by atoms with van der Waals surface area (Å²) in [6, 6.07) is 22.4. The second-order valence-corrected chi connectivity index (χ2v) is 6.12. The van der Waals surface area contributed by atoms with Crippen LogP contribution >= 0.6 is 0 Å². The van der Waals surface area contributed by atoms with E-state index >= 15 is 0 Å². The molecule has 0 spiro atoms. The summed E-state index contributed by atoms with van der Waals surface area (Å²) in [6.45, 7) is 2.12. The average Bonchev–Trinajstić information content (AvgIpc) is 3.03. The van der Waals surface area contributed by atoms with Crippen molar-refractivity contribution in [2.45, 2.75) is 13.3 Å². The molecule has 2 nitrogen and oxygen atoms in total. The largest absolute Gasteiger partial charge is 0.422 e. The molecule has 0 aromatic heterocycles. The Morgan fingerprint density at radius 3 is 2.48 bits per heavy atom. The van der Waals surface area contributed by atoms with Gasteiger partial charge in [0.2, 0.25) is 0 Å². The predicted molar refractivity (Wildman–Crippen MR) is 102 cm³/mol. The molecule has 0 unspecified atom stereocenters. The molecule has 0 radical (unpaired) electrons. The van der Waals surface area contributed by atoms with E-state index in [4.69, 9.17) is 4.74 Å². The monoisotopic (exact) mass is 326 g/mol. The van der Waals surface area contributed by atoms with Crippen LogP contribution < -0.4 is 0 Å². The molecule has 0 fully saturated rings. The zero-order valence-corrected chi connectivity index (χ0v) is 14.0. The van der Waals surface area contributed by atoms with Crippen LogP contribution in [0.25, 0.3) is 22.6 Å². The summed E-state index contributed by atoms with van der Waals surface area (Å²) in [5, 5.41) is 2.28. The lowest BCUT2D eigenvalue weighted by Crippen LogP contribution is -1.97. The molecule has 3 aromatic carbocycles. The van der Waals surface area contributed by atoms with Crippen molar-refractivity contribution in [1.82, 2.24) is 0 Å². The van der Waals surface area contributed by atoms with Gasteiger partial charge in [-0.15, -0.1) is 0 Å². The van der Waals surface area contributed by atoms with Gasteiger partial charge in [0, 0.05) is 5.56 Å². The van der Waals surface area contributed by atoms with Crippen LogP contribution in [0.1, 0.15) is 23.6 Å². The Morgan fingerprint density at radius 2 is 1.68 bits per heavy atom. The number of ether oxygens (including phenoxy) is 1. The molecular formula is C23H18O2. The summed E-state index contributed by atoms with van der Waals surface area (Å²) in [6.07, 6.45) is 4.72. The first-order valence-corrected chi connectivity index (χ1v) is 8.47. The number of hydrogen-bond donors (Lipinski definition) is 0. The summed E-state index contributed by atoms with van der Waals surface area (Å²) in [7, 11) is 0. The van der Waals surface area contributed by atoms with Crippen LogP contribution in [0.15, 0.2) is 78.4 Å². The zero-order valence-electron chi connectivity index (χ0n) is 14.0. The van der Waals surface area contributed by atoms with Crippen molar-refractivity contribution in [3.63, 3.8) is 0 Å². The molecule has 122 valence electrons. The molecule has 0 saturated carbocycles. The summed E-state index contributed by atoms with van der Waals surface area (Å²) >= 11 is 0. The highest BCUT2D eigenvalue weighted by atomic mass is 16.5. The maximum absolute atomic E-state index is 12.3. The van der Waals surface area contributed by atoms with E-state index in [9.17, 15) is 4.79 Å². The van der Waals surface area contributed by atoms with Gasteiger partial charge < -0.3 is 4.74 Å². The molecule has 1 heterocycles. The molecule has 25 heavy (non-hydrogen) atoms. The Bertz CT molecular complexity index is 1000. The lowest BCUT2D eigenvalue weighted by atomic mass is 10.0. The summed E-state index contributed by atoms with van der Waals surface area (Å²) in [4.78, 5) is 12.3. The first kappa shape index (κ1) is 15.4. The quantitative estimate of drug-likeness (QED) is 0.477.